The lowest BCUT2D eigenvalue weighted by Crippen LogP contribution is -2.43. The van der Waals surface area contributed by atoms with Gasteiger partial charge < -0.3 is 14.0 Å². The van der Waals surface area contributed by atoms with Crippen molar-refractivity contribution in [3.63, 3.8) is 0 Å². The molecule has 0 atom stereocenters. The summed E-state index contributed by atoms with van der Waals surface area (Å²) in [6.07, 6.45) is 0.579. The van der Waals surface area contributed by atoms with E-state index in [1.54, 1.807) is 4.90 Å². The largest absolute Gasteiger partial charge is 0.494 e. The second kappa shape index (κ2) is 4.55. The maximum atomic E-state index is 12.2. The minimum Gasteiger partial charge on any atom is -0.438 e. The molecule has 6 heteroatoms. The highest BCUT2D eigenvalue weighted by Crippen LogP contribution is 2.44. The van der Waals surface area contributed by atoms with E-state index in [0.29, 0.717) is 6.54 Å². The zero-order valence-corrected chi connectivity index (χ0v) is 15.2. The van der Waals surface area contributed by atoms with E-state index in [1.165, 1.54) is 5.56 Å². The minimum absolute atomic E-state index is 0.255. The molecule has 0 aliphatic carbocycles. The topological polar surface area (TPSA) is 48.0 Å². The summed E-state index contributed by atoms with van der Waals surface area (Å²) in [4.78, 5) is 13.9. The number of carbonyl (C=O) groups excluding carboxylic acids is 1. The summed E-state index contributed by atoms with van der Waals surface area (Å²) in [5.41, 5.74) is 2.81. The van der Waals surface area contributed by atoms with Gasteiger partial charge in [0.2, 0.25) is 0 Å². The van der Waals surface area contributed by atoms with E-state index in [4.69, 9.17) is 14.0 Å². The van der Waals surface area contributed by atoms with Gasteiger partial charge >= 0.3 is 13.2 Å². The zero-order chi connectivity index (χ0) is 17.5. The molecule has 0 unspecified atom stereocenters. The monoisotopic (exact) mass is 329 g/mol. The molecule has 0 radical (unpaired) electrons. The average Bonchev–Trinajstić information content (AvgIpc) is 2.95. The fourth-order valence-electron chi connectivity index (χ4n) is 3.66. The molecule has 1 saturated heterocycles. The molecule has 4 rings (SSSR count). The SMILES string of the molecule is CC1(C)OC(=O)N2CCc3cc(B4OC(C)(C)C(C)(C)O4)cc1c32. The molecule has 0 aromatic heterocycles. The second-order valence-electron chi connectivity index (χ2n) is 8.44. The van der Waals surface area contributed by atoms with Crippen molar-refractivity contribution in [2.45, 2.75) is 64.8 Å². The van der Waals surface area contributed by atoms with Gasteiger partial charge in [-0.3, -0.25) is 4.90 Å². The number of ether oxygens (including phenoxy) is 1. The molecule has 3 aliphatic rings. The second-order valence-corrected chi connectivity index (χ2v) is 8.44. The Morgan fingerprint density at radius 3 is 2.29 bits per heavy atom. The fourth-order valence-corrected chi connectivity index (χ4v) is 3.66. The number of benzene rings is 1. The standard InChI is InChI=1S/C18H24BNO4/c1-16(2)13-10-12(19-23-17(3,4)18(5,6)24-19)9-11-7-8-20(14(11)13)15(21)22-16/h9-10H,7-8H2,1-6H3. The van der Waals surface area contributed by atoms with Gasteiger partial charge in [-0.05, 0) is 59.0 Å². The molecule has 0 bridgehead atoms. The third kappa shape index (κ3) is 2.05. The fraction of sp³-hybridized carbons (Fsp3) is 0.611. The van der Waals surface area contributed by atoms with Crippen molar-refractivity contribution in [2.24, 2.45) is 0 Å². The molecule has 128 valence electrons. The third-order valence-electron chi connectivity index (χ3n) is 5.82. The predicted octanol–water partition coefficient (Wildman–Crippen LogP) is 2.73. The van der Waals surface area contributed by atoms with Crippen LogP contribution >= 0.6 is 0 Å². The van der Waals surface area contributed by atoms with Crippen LogP contribution in [0.5, 0.6) is 0 Å². The first-order valence-corrected chi connectivity index (χ1v) is 8.55. The van der Waals surface area contributed by atoms with Crippen LogP contribution in [0.15, 0.2) is 12.1 Å². The minimum atomic E-state index is -0.651. The molecular formula is C18H24BNO4. The summed E-state index contributed by atoms with van der Waals surface area (Å²) >= 11 is 0. The predicted molar refractivity (Wildman–Crippen MR) is 92.7 cm³/mol. The highest BCUT2D eigenvalue weighted by atomic mass is 16.7. The first-order chi connectivity index (χ1) is 11.0. The number of anilines is 1. The van der Waals surface area contributed by atoms with Gasteiger partial charge in [-0.15, -0.1) is 0 Å². The Labute approximate surface area is 143 Å². The van der Waals surface area contributed by atoms with Crippen molar-refractivity contribution in [3.05, 3.63) is 23.3 Å². The van der Waals surface area contributed by atoms with Gasteiger partial charge in [0.25, 0.3) is 0 Å². The molecule has 24 heavy (non-hydrogen) atoms. The van der Waals surface area contributed by atoms with Crippen molar-refractivity contribution in [1.29, 1.82) is 0 Å². The molecule has 5 nitrogen and oxygen atoms in total. The summed E-state index contributed by atoms with van der Waals surface area (Å²) in [7, 11) is -0.404. The Morgan fingerprint density at radius 2 is 1.67 bits per heavy atom. The Hall–Kier alpha value is -1.53. The van der Waals surface area contributed by atoms with Crippen LogP contribution in [0.1, 0.15) is 52.7 Å². The maximum Gasteiger partial charge on any atom is 0.494 e. The van der Waals surface area contributed by atoms with Crippen molar-refractivity contribution >= 4 is 24.4 Å². The smallest absolute Gasteiger partial charge is 0.438 e. The van der Waals surface area contributed by atoms with E-state index in [1.807, 2.05) is 13.8 Å². The first kappa shape index (κ1) is 16.0. The number of nitrogens with zero attached hydrogens (tertiary/aromatic N) is 1. The molecule has 0 spiro atoms. The highest BCUT2D eigenvalue weighted by Gasteiger charge is 2.52. The summed E-state index contributed by atoms with van der Waals surface area (Å²) in [6.45, 7) is 12.8. The van der Waals surface area contributed by atoms with Gasteiger partial charge in [0.1, 0.15) is 5.60 Å². The van der Waals surface area contributed by atoms with Crippen LogP contribution in [0, 0.1) is 0 Å². The van der Waals surface area contributed by atoms with Crippen LogP contribution in [-0.4, -0.2) is 31.0 Å². The van der Waals surface area contributed by atoms with Crippen LogP contribution < -0.4 is 10.4 Å². The van der Waals surface area contributed by atoms with Crippen LogP contribution in [0.3, 0.4) is 0 Å². The van der Waals surface area contributed by atoms with Gasteiger partial charge in [-0.25, -0.2) is 4.79 Å². The Balaban J connectivity index is 1.81. The van der Waals surface area contributed by atoms with Gasteiger partial charge in [0, 0.05) is 12.1 Å². The molecule has 1 aromatic carbocycles. The van der Waals surface area contributed by atoms with Gasteiger partial charge in [-0.2, -0.15) is 0 Å². The molecular weight excluding hydrogens is 305 g/mol. The molecule has 1 aromatic rings. The van der Waals surface area contributed by atoms with Gasteiger partial charge in [0.05, 0.1) is 16.9 Å². The van der Waals surface area contributed by atoms with Gasteiger partial charge in [-0.1, -0.05) is 12.1 Å². The maximum absolute atomic E-state index is 12.2. The molecule has 1 fully saturated rings. The summed E-state index contributed by atoms with van der Waals surface area (Å²) in [5.74, 6) is 0. The summed E-state index contributed by atoms with van der Waals surface area (Å²) in [6, 6.07) is 4.20. The number of carbonyl (C=O) groups is 1. The lowest BCUT2D eigenvalue weighted by Gasteiger charge is -2.37. The van der Waals surface area contributed by atoms with E-state index < -0.39 is 12.7 Å². The first-order valence-electron chi connectivity index (χ1n) is 8.55. The Morgan fingerprint density at radius 1 is 1.04 bits per heavy atom. The molecule has 3 aliphatic heterocycles. The Kier molecular flexibility index (Phi) is 3.03. The highest BCUT2D eigenvalue weighted by molar-refractivity contribution is 6.62. The van der Waals surface area contributed by atoms with Crippen molar-refractivity contribution in [3.8, 4) is 0 Å². The van der Waals surface area contributed by atoms with Crippen LogP contribution in [0.4, 0.5) is 10.5 Å². The molecule has 3 heterocycles. The lowest BCUT2D eigenvalue weighted by molar-refractivity contribution is 0.00578. The quantitative estimate of drug-likeness (QED) is 0.744. The summed E-state index contributed by atoms with van der Waals surface area (Å²) < 4.78 is 18.0. The van der Waals surface area contributed by atoms with E-state index in [-0.39, 0.29) is 17.3 Å². The normalized spacial score (nSPS) is 25.7. The summed E-state index contributed by atoms with van der Waals surface area (Å²) in [5, 5.41) is 0. The third-order valence-corrected chi connectivity index (χ3v) is 5.82. The Bertz CT molecular complexity index is 725. The number of amides is 1. The van der Waals surface area contributed by atoms with Crippen LogP contribution in [-0.2, 0) is 26.1 Å². The molecule has 0 saturated carbocycles. The van der Waals surface area contributed by atoms with E-state index >= 15 is 0 Å². The number of cyclic esters (lactones) is 1. The van der Waals surface area contributed by atoms with Crippen molar-refractivity contribution < 1.29 is 18.8 Å². The average molecular weight is 329 g/mol. The van der Waals surface area contributed by atoms with Crippen LogP contribution in [0.2, 0.25) is 0 Å². The molecule has 0 N–H and O–H groups in total. The van der Waals surface area contributed by atoms with Crippen LogP contribution in [0.25, 0.3) is 0 Å². The lowest BCUT2D eigenvalue weighted by atomic mass is 9.75. The number of hydrogen-bond acceptors (Lipinski definition) is 4. The number of hydrogen-bond donors (Lipinski definition) is 0. The van der Waals surface area contributed by atoms with E-state index in [2.05, 4.69) is 39.8 Å². The van der Waals surface area contributed by atoms with Crippen molar-refractivity contribution in [1.82, 2.24) is 0 Å². The van der Waals surface area contributed by atoms with Gasteiger partial charge in [0.15, 0.2) is 0 Å². The zero-order valence-electron chi connectivity index (χ0n) is 15.2. The van der Waals surface area contributed by atoms with Crippen molar-refractivity contribution in [2.75, 3.05) is 11.4 Å². The van der Waals surface area contributed by atoms with E-state index in [0.717, 1.165) is 23.1 Å². The molecule has 1 amide bonds. The van der Waals surface area contributed by atoms with E-state index in [9.17, 15) is 4.79 Å². The number of rotatable bonds is 1.